The van der Waals surface area contributed by atoms with Crippen LogP contribution < -0.4 is 10.2 Å². The normalized spacial score (nSPS) is 15.0. The van der Waals surface area contributed by atoms with Crippen LogP contribution in [-0.4, -0.2) is 34.6 Å². The number of ether oxygens (including phenoxy) is 1. The van der Waals surface area contributed by atoms with E-state index in [-0.39, 0.29) is 10.7 Å². The smallest absolute Gasteiger partial charge is 0.341 e. The van der Waals surface area contributed by atoms with E-state index in [1.54, 1.807) is 6.08 Å². The number of esters is 1. The first-order valence-corrected chi connectivity index (χ1v) is 12.5. The molecule has 1 aromatic carbocycles. The average molecular weight is 522 g/mol. The number of hydrogen-bond acceptors (Lipinski definition) is 6. The lowest BCUT2D eigenvalue weighted by Gasteiger charge is -2.29. The summed E-state index contributed by atoms with van der Waals surface area (Å²) >= 11 is 6.83. The molecular formula is C27H27N3O4S2. The molecule has 1 aliphatic rings. The van der Waals surface area contributed by atoms with E-state index in [1.807, 2.05) is 70.4 Å². The number of methoxy groups -OCH3 is 1. The molecule has 1 saturated heterocycles. The number of nitrogens with zero attached hydrogens (tertiary/aromatic N) is 2. The number of aryl methyl sites for hydroxylation is 4. The number of benzene rings is 1. The van der Waals surface area contributed by atoms with Crippen LogP contribution in [-0.2, 0) is 14.3 Å². The predicted molar refractivity (Wildman–Crippen MR) is 146 cm³/mol. The zero-order valence-corrected chi connectivity index (χ0v) is 22.9. The van der Waals surface area contributed by atoms with E-state index < -0.39 is 17.8 Å². The van der Waals surface area contributed by atoms with Crippen molar-refractivity contribution in [2.45, 2.75) is 41.5 Å². The Morgan fingerprint density at radius 3 is 2.39 bits per heavy atom. The minimum atomic E-state index is -0.548. The highest BCUT2D eigenvalue weighted by molar-refractivity contribution is 7.80. The zero-order valence-electron chi connectivity index (χ0n) is 21.2. The van der Waals surface area contributed by atoms with E-state index >= 15 is 0 Å². The molecule has 1 aliphatic heterocycles. The van der Waals surface area contributed by atoms with Gasteiger partial charge in [0.1, 0.15) is 10.6 Å². The zero-order chi connectivity index (χ0) is 26.5. The van der Waals surface area contributed by atoms with Gasteiger partial charge in [-0.25, -0.2) is 4.79 Å². The van der Waals surface area contributed by atoms with Crippen molar-refractivity contribution in [2.24, 2.45) is 0 Å². The Hall–Kier alpha value is -3.56. The highest BCUT2D eigenvalue weighted by Gasteiger charge is 2.35. The van der Waals surface area contributed by atoms with Gasteiger partial charge in [-0.05, 0) is 100 Å². The first kappa shape index (κ1) is 25.5. The number of rotatable bonds is 4. The Balaban J connectivity index is 1.81. The number of hydrogen-bond donors (Lipinski definition) is 1. The molecule has 9 heteroatoms. The van der Waals surface area contributed by atoms with Gasteiger partial charge in [-0.3, -0.25) is 19.8 Å². The molecule has 4 rings (SSSR count). The van der Waals surface area contributed by atoms with Crippen LogP contribution in [0.5, 0.6) is 0 Å². The standard InChI is InChI=1S/C27H27N3O4S2/c1-13-8-9-20(10-14(13)2)30-24(32)21(23(31)28-27(30)35)12-19-11-15(3)29(17(19)5)25-22(26(33)34-7)16(4)18(6)36-25/h8-12H,1-7H3,(H,28,31,35)/b21-12+. The number of carbonyl (C=O) groups is 3. The minimum absolute atomic E-state index is 0.0196. The van der Waals surface area contributed by atoms with Crippen LogP contribution in [0.2, 0.25) is 0 Å². The highest BCUT2D eigenvalue weighted by atomic mass is 32.1. The molecule has 0 radical (unpaired) electrons. The van der Waals surface area contributed by atoms with Crippen LogP contribution in [0.25, 0.3) is 11.1 Å². The van der Waals surface area contributed by atoms with Gasteiger partial charge >= 0.3 is 5.97 Å². The van der Waals surface area contributed by atoms with Gasteiger partial charge in [0.25, 0.3) is 11.8 Å². The van der Waals surface area contributed by atoms with Crippen molar-refractivity contribution in [2.75, 3.05) is 12.0 Å². The number of aromatic nitrogens is 1. The van der Waals surface area contributed by atoms with Gasteiger partial charge in [0.2, 0.25) is 0 Å². The summed E-state index contributed by atoms with van der Waals surface area (Å²) in [5.74, 6) is -1.44. The Labute approximate surface area is 219 Å². The lowest BCUT2D eigenvalue weighted by Crippen LogP contribution is -2.54. The lowest BCUT2D eigenvalue weighted by atomic mass is 10.1. The third-order valence-corrected chi connectivity index (χ3v) is 8.06. The maximum Gasteiger partial charge on any atom is 0.341 e. The molecule has 0 saturated carbocycles. The van der Waals surface area contributed by atoms with Gasteiger partial charge in [-0.15, -0.1) is 11.3 Å². The fraction of sp³-hybridized carbons (Fsp3) is 0.259. The Morgan fingerprint density at radius 1 is 1.06 bits per heavy atom. The van der Waals surface area contributed by atoms with Crippen molar-refractivity contribution >= 4 is 58.2 Å². The second-order valence-electron chi connectivity index (χ2n) is 8.84. The number of amides is 2. The molecule has 0 atom stereocenters. The minimum Gasteiger partial charge on any atom is -0.465 e. The fourth-order valence-corrected chi connectivity index (χ4v) is 5.80. The number of anilines is 1. The van der Waals surface area contributed by atoms with E-state index in [4.69, 9.17) is 17.0 Å². The molecule has 0 unspecified atom stereocenters. The first-order chi connectivity index (χ1) is 17.0. The van der Waals surface area contributed by atoms with Gasteiger partial charge in [-0.1, -0.05) is 6.07 Å². The third-order valence-electron chi connectivity index (χ3n) is 6.58. The first-order valence-electron chi connectivity index (χ1n) is 11.3. The summed E-state index contributed by atoms with van der Waals surface area (Å²) < 4.78 is 6.99. The maximum absolute atomic E-state index is 13.5. The molecule has 7 nitrogen and oxygen atoms in total. The van der Waals surface area contributed by atoms with Crippen LogP contribution in [0.4, 0.5) is 5.69 Å². The van der Waals surface area contributed by atoms with Crippen LogP contribution in [0.1, 0.15) is 48.9 Å². The molecule has 186 valence electrons. The number of thiocarbonyl (C=S) groups is 1. The summed E-state index contributed by atoms with van der Waals surface area (Å²) in [5.41, 5.74) is 6.40. The molecule has 0 spiro atoms. The molecule has 0 bridgehead atoms. The second kappa shape index (κ2) is 9.48. The van der Waals surface area contributed by atoms with Crippen LogP contribution in [0, 0.1) is 41.5 Å². The molecular weight excluding hydrogens is 494 g/mol. The van der Waals surface area contributed by atoms with Crippen molar-refractivity contribution in [3.8, 4) is 5.00 Å². The molecule has 0 aliphatic carbocycles. The number of thiophene rings is 1. The lowest BCUT2D eigenvalue weighted by molar-refractivity contribution is -0.122. The van der Waals surface area contributed by atoms with Crippen LogP contribution in [0.15, 0.2) is 29.8 Å². The summed E-state index contributed by atoms with van der Waals surface area (Å²) in [4.78, 5) is 41.3. The number of carbonyl (C=O) groups excluding carboxylic acids is 3. The SMILES string of the molecule is COC(=O)c1c(-n2c(C)cc(/C=C3\C(=O)NC(=S)N(c4ccc(C)c(C)c4)C3=O)c2C)sc(C)c1C. The van der Waals surface area contributed by atoms with E-state index in [1.165, 1.54) is 23.3 Å². The van der Waals surface area contributed by atoms with Crippen LogP contribution >= 0.6 is 23.6 Å². The van der Waals surface area contributed by atoms with E-state index in [2.05, 4.69) is 5.32 Å². The second-order valence-corrected chi connectivity index (χ2v) is 10.4. The van der Waals surface area contributed by atoms with Crippen molar-refractivity contribution in [1.29, 1.82) is 0 Å². The highest BCUT2D eigenvalue weighted by Crippen LogP contribution is 2.35. The quantitative estimate of drug-likeness (QED) is 0.226. The monoisotopic (exact) mass is 521 g/mol. The summed E-state index contributed by atoms with van der Waals surface area (Å²) in [6.07, 6.45) is 1.58. The predicted octanol–water partition coefficient (Wildman–Crippen LogP) is 5.01. The van der Waals surface area contributed by atoms with E-state index in [9.17, 15) is 14.4 Å². The summed E-state index contributed by atoms with van der Waals surface area (Å²) in [6, 6.07) is 7.49. The fourth-order valence-electron chi connectivity index (χ4n) is 4.27. The molecule has 2 amide bonds. The summed E-state index contributed by atoms with van der Waals surface area (Å²) in [7, 11) is 1.36. The molecule has 36 heavy (non-hydrogen) atoms. The third kappa shape index (κ3) is 4.18. The molecule has 1 fully saturated rings. The van der Waals surface area contributed by atoms with Crippen molar-refractivity contribution in [3.63, 3.8) is 0 Å². The molecule has 1 N–H and O–H groups in total. The largest absolute Gasteiger partial charge is 0.465 e. The Kier molecular flexibility index (Phi) is 6.72. The molecule has 2 aromatic heterocycles. The number of nitrogens with one attached hydrogen (secondary N) is 1. The van der Waals surface area contributed by atoms with Crippen molar-refractivity contribution in [3.05, 3.63) is 73.9 Å². The van der Waals surface area contributed by atoms with Gasteiger partial charge in [-0.2, -0.15) is 0 Å². The Bertz CT molecular complexity index is 1490. The van der Waals surface area contributed by atoms with Crippen LogP contribution in [0.3, 0.4) is 0 Å². The summed E-state index contributed by atoms with van der Waals surface area (Å²) in [6.45, 7) is 11.6. The van der Waals surface area contributed by atoms with E-state index in [0.717, 1.165) is 38.0 Å². The molecule has 3 heterocycles. The Morgan fingerprint density at radius 2 is 1.75 bits per heavy atom. The van der Waals surface area contributed by atoms with Gasteiger partial charge < -0.3 is 9.30 Å². The van der Waals surface area contributed by atoms with E-state index in [0.29, 0.717) is 16.8 Å². The van der Waals surface area contributed by atoms with Gasteiger partial charge in [0, 0.05) is 16.3 Å². The van der Waals surface area contributed by atoms with Crippen molar-refractivity contribution in [1.82, 2.24) is 9.88 Å². The summed E-state index contributed by atoms with van der Waals surface area (Å²) in [5, 5.41) is 3.43. The van der Waals surface area contributed by atoms with Gasteiger partial charge in [0.05, 0.1) is 18.4 Å². The maximum atomic E-state index is 13.5. The van der Waals surface area contributed by atoms with Gasteiger partial charge in [0.15, 0.2) is 5.11 Å². The molecule has 3 aromatic rings. The van der Waals surface area contributed by atoms with Crippen molar-refractivity contribution < 1.29 is 19.1 Å². The topological polar surface area (TPSA) is 80.6 Å². The average Bonchev–Trinajstić information content (AvgIpc) is 3.26.